The number of benzene rings is 3. The van der Waals surface area contributed by atoms with E-state index in [9.17, 15) is 19.7 Å². The highest BCUT2D eigenvalue weighted by atomic mass is 35.5. The molecule has 2 saturated heterocycles. The van der Waals surface area contributed by atoms with Gasteiger partial charge in [-0.2, -0.15) is 0 Å². The number of ether oxygens (including phenoxy) is 2. The second-order valence-corrected chi connectivity index (χ2v) is 9.74. The highest BCUT2D eigenvalue weighted by Gasteiger charge is 2.41. The zero-order chi connectivity index (χ0) is 29.1. The summed E-state index contributed by atoms with van der Waals surface area (Å²) in [6.07, 6.45) is 1.43. The Morgan fingerprint density at radius 1 is 0.857 bits per heavy atom. The van der Waals surface area contributed by atoms with Gasteiger partial charge in [0.15, 0.2) is 5.11 Å². The molecule has 42 heavy (non-hydrogen) atoms. The molecular formula is C29H28ClN5O6S. The van der Waals surface area contributed by atoms with Crippen LogP contribution in [0.1, 0.15) is 5.56 Å². The molecule has 5 rings (SSSR count). The van der Waals surface area contributed by atoms with E-state index in [0.29, 0.717) is 34.1 Å². The third-order valence-corrected chi connectivity index (χ3v) is 7.34. The minimum Gasteiger partial charge on any atom is -1.00 e. The topological polar surface area (TPSA) is 122 Å². The molecule has 0 aliphatic carbocycles. The fourth-order valence-corrected chi connectivity index (χ4v) is 5.23. The molecule has 13 heteroatoms. The maximum absolute atomic E-state index is 14.0. The largest absolute Gasteiger partial charge is 1.00 e. The van der Waals surface area contributed by atoms with Crippen LogP contribution in [0.4, 0.5) is 22.7 Å². The molecule has 0 unspecified atom stereocenters. The van der Waals surface area contributed by atoms with Crippen LogP contribution in [-0.4, -0.2) is 62.2 Å². The van der Waals surface area contributed by atoms with E-state index in [1.54, 1.807) is 54.6 Å². The number of rotatable bonds is 7. The first-order valence-electron chi connectivity index (χ1n) is 12.9. The van der Waals surface area contributed by atoms with Gasteiger partial charge in [-0.1, -0.05) is 0 Å². The van der Waals surface area contributed by atoms with Crippen molar-refractivity contribution in [2.45, 2.75) is 0 Å². The summed E-state index contributed by atoms with van der Waals surface area (Å²) in [5.41, 5.74) is 1.64. The van der Waals surface area contributed by atoms with E-state index < -0.39 is 16.7 Å². The van der Waals surface area contributed by atoms with Gasteiger partial charge in [-0.05, 0) is 72.9 Å². The van der Waals surface area contributed by atoms with Crippen molar-refractivity contribution in [3.8, 4) is 11.5 Å². The van der Waals surface area contributed by atoms with Gasteiger partial charge in [-0.3, -0.25) is 29.5 Å². The lowest BCUT2D eigenvalue weighted by Gasteiger charge is -2.36. The summed E-state index contributed by atoms with van der Waals surface area (Å²) in [5, 5.41) is 13.8. The fourth-order valence-electron chi connectivity index (χ4n) is 4.85. The van der Waals surface area contributed by atoms with Gasteiger partial charge >= 0.3 is 0 Å². The van der Waals surface area contributed by atoms with Crippen molar-refractivity contribution in [1.29, 1.82) is 0 Å². The van der Waals surface area contributed by atoms with Crippen molar-refractivity contribution < 1.29 is 41.7 Å². The maximum Gasteiger partial charge on any atom is 0.270 e. The van der Waals surface area contributed by atoms with Crippen LogP contribution in [0.15, 0.2) is 72.3 Å². The van der Waals surface area contributed by atoms with E-state index in [2.05, 4.69) is 10.2 Å². The molecule has 2 aliphatic heterocycles. The number of hydrogen-bond acceptors (Lipinski definition) is 8. The molecule has 218 valence electrons. The zero-order valence-electron chi connectivity index (χ0n) is 22.9. The number of nitrogens with zero attached hydrogens (tertiary/aromatic N) is 4. The molecule has 11 nitrogen and oxygen atoms in total. The number of nitro groups is 1. The third-order valence-electron chi connectivity index (χ3n) is 6.98. The number of hydrogen-bond donors (Lipinski definition) is 1. The minimum atomic E-state index is -0.639. The summed E-state index contributed by atoms with van der Waals surface area (Å²) in [4.78, 5) is 43.8. The summed E-state index contributed by atoms with van der Waals surface area (Å²) < 4.78 is 10.5. The molecule has 3 aromatic rings. The molecule has 0 bridgehead atoms. The van der Waals surface area contributed by atoms with E-state index in [-0.39, 0.29) is 28.8 Å². The van der Waals surface area contributed by atoms with Crippen molar-refractivity contribution in [3.63, 3.8) is 0 Å². The number of methoxy groups -OCH3 is 2. The predicted octanol–water partition coefficient (Wildman–Crippen LogP) is -0.252. The van der Waals surface area contributed by atoms with Crippen molar-refractivity contribution in [1.82, 2.24) is 0 Å². The molecule has 2 aliphatic rings. The van der Waals surface area contributed by atoms with E-state index >= 15 is 0 Å². The van der Waals surface area contributed by atoms with E-state index in [1.165, 1.54) is 42.2 Å². The van der Waals surface area contributed by atoms with Crippen LogP contribution >= 0.6 is 12.2 Å². The summed E-state index contributed by atoms with van der Waals surface area (Å²) in [7, 11) is 3.07. The SMILES string of the molecule is COc1ccc(N2C(=O)C(=Cc3cc([N+](=O)[O-])ccc3N3CC[NH2+]CC3)C(=O)N(c3ccc(OC)cc3)C2=S)cc1.[Cl-]. The number of non-ortho nitro benzene ring substituents is 1. The lowest BCUT2D eigenvalue weighted by atomic mass is 10.0. The van der Waals surface area contributed by atoms with Gasteiger partial charge in [-0.25, -0.2) is 0 Å². The summed E-state index contributed by atoms with van der Waals surface area (Å²) in [6, 6.07) is 17.9. The number of halogens is 1. The summed E-state index contributed by atoms with van der Waals surface area (Å²) >= 11 is 5.71. The van der Waals surface area contributed by atoms with Gasteiger partial charge in [0.1, 0.15) is 17.1 Å². The first kappa shape index (κ1) is 30.4. The number of piperazine rings is 1. The van der Waals surface area contributed by atoms with Gasteiger partial charge in [0.25, 0.3) is 17.5 Å². The minimum absolute atomic E-state index is 0. The number of carbonyl (C=O) groups excluding carboxylic acids is 2. The molecule has 0 atom stereocenters. The maximum atomic E-state index is 14.0. The number of anilines is 3. The number of thiocarbonyl (C=S) groups is 1. The molecule has 0 radical (unpaired) electrons. The number of amides is 2. The number of carbonyl (C=O) groups is 2. The molecule has 0 saturated carbocycles. The average molecular weight is 610 g/mol. The summed E-state index contributed by atoms with van der Waals surface area (Å²) in [6.45, 7) is 3.15. The lowest BCUT2D eigenvalue weighted by Crippen LogP contribution is -3.00. The molecule has 0 aromatic heterocycles. The molecular weight excluding hydrogens is 582 g/mol. The summed E-state index contributed by atoms with van der Waals surface area (Å²) in [5.74, 6) is -0.107. The highest BCUT2D eigenvalue weighted by Crippen LogP contribution is 2.34. The monoisotopic (exact) mass is 609 g/mol. The van der Waals surface area contributed by atoms with Crippen molar-refractivity contribution in [2.75, 3.05) is 55.1 Å². The second kappa shape index (κ2) is 13.0. The molecule has 0 spiro atoms. The number of quaternary nitrogens is 1. The van der Waals surface area contributed by atoms with Gasteiger partial charge in [0.05, 0.1) is 56.7 Å². The van der Waals surface area contributed by atoms with Crippen molar-refractivity contribution in [2.24, 2.45) is 0 Å². The van der Waals surface area contributed by atoms with Crippen LogP contribution in [0, 0.1) is 10.1 Å². The standard InChI is InChI=1S/C29H27N5O6S.ClH/c1-39-23-8-3-20(4-9-23)32-27(35)25(28(36)33(29(32)41)21-5-10-24(40-2)11-6-21)18-19-17-22(34(37)38)7-12-26(19)31-15-13-30-14-16-31;/h3-12,17-18,30H,13-16H2,1-2H3;1H. The Morgan fingerprint density at radius 3 is 1.81 bits per heavy atom. The lowest BCUT2D eigenvalue weighted by molar-refractivity contribution is -0.655. The van der Waals surface area contributed by atoms with Crippen LogP contribution < -0.4 is 41.9 Å². The first-order valence-corrected chi connectivity index (χ1v) is 13.3. The van der Waals surface area contributed by atoms with Gasteiger partial charge in [-0.15, -0.1) is 0 Å². The van der Waals surface area contributed by atoms with E-state index in [1.807, 2.05) is 0 Å². The second-order valence-electron chi connectivity index (χ2n) is 9.37. The Labute approximate surface area is 253 Å². The van der Waals surface area contributed by atoms with Crippen LogP contribution in [0.2, 0.25) is 0 Å². The van der Waals surface area contributed by atoms with Crippen LogP contribution in [0.5, 0.6) is 11.5 Å². The highest BCUT2D eigenvalue weighted by molar-refractivity contribution is 7.81. The van der Waals surface area contributed by atoms with Gasteiger partial charge in [0, 0.05) is 23.4 Å². The predicted molar refractivity (Wildman–Crippen MR) is 159 cm³/mol. The molecule has 2 amide bonds. The number of nitro benzene ring substituents is 1. The van der Waals surface area contributed by atoms with E-state index in [0.717, 1.165) is 26.2 Å². The molecule has 3 aromatic carbocycles. The van der Waals surface area contributed by atoms with Crippen molar-refractivity contribution >= 4 is 58.0 Å². The first-order chi connectivity index (χ1) is 19.8. The quantitative estimate of drug-likeness (QED) is 0.128. The molecule has 2 heterocycles. The molecule has 2 N–H and O–H groups in total. The van der Waals surface area contributed by atoms with Crippen LogP contribution in [0.25, 0.3) is 6.08 Å². The Bertz CT molecular complexity index is 1470. The van der Waals surface area contributed by atoms with E-state index in [4.69, 9.17) is 21.7 Å². The Morgan fingerprint density at radius 2 is 1.36 bits per heavy atom. The Kier molecular flexibility index (Phi) is 9.41. The zero-order valence-corrected chi connectivity index (χ0v) is 24.4. The van der Waals surface area contributed by atoms with Crippen LogP contribution in [0.3, 0.4) is 0 Å². The van der Waals surface area contributed by atoms with Gasteiger partial charge < -0.3 is 32.1 Å². The Hall–Kier alpha value is -4.52. The third kappa shape index (κ3) is 5.91. The normalized spacial score (nSPS) is 15.3. The Balaban J connectivity index is 0.00000405. The van der Waals surface area contributed by atoms with Crippen molar-refractivity contribution in [3.05, 3.63) is 88.0 Å². The number of nitrogens with two attached hydrogens (primary N) is 1. The fraction of sp³-hybridized carbons (Fsp3) is 0.207. The average Bonchev–Trinajstić information content (AvgIpc) is 3.00. The smallest absolute Gasteiger partial charge is 0.270 e. The molecule has 2 fully saturated rings. The van der Waals surface area contributed by atoms with Crippen LogP contribution in [-0.2, 0) is 9.59 Å². The van der Waals surface area contributed by atoms with Gasteiger partial charge in [0.2, 0.25) is 0 Å².